The van der Waals surface area contributed by atoms with Crippen molar-refractivity contribution >= 4 is 37.0 Å². The van der Waals surface area contributed by atoms with Crippen LogP contribution in [0.4, 0.5) is 0 Å². The summed E-state index contributed by atoms with van der Waals surface area (Å²) in [5.74, 6) is 0.502. The number of fused-ring (bicyclic) bond motifs is 1. The van der Waals surface area contributed by atoms with Gasteiger partial charge in [-0.15, -0.1) is 0 Å². The summed E-state index contributed by atoms with van der Waals surface area (Å²) in [5, 5.41) is 0. The first-order chi connectivity index (χ1) is 13.0. The fourth-order valence-corrected chi connectivity index (χ4v) is 5.74. The smallest absolute Gasteiger partial charge is 0.236 e. The van der Waals surface area contributed by atoms with E-state index in [0.29, 0.717) is 21.8 Å². The van der Waals surface area contributed by atoms with E-state index in [1.165, 1.54) is 15.9 Å². The van der Waals surface area contributed by atoms with E-state index in [0.717, 1.165) is 15.6 Å². The Kier molecular flexibility index (Phi) is 5.74. The minimum atomic E-state index is -3.80. The van der Waals surface area contributed by atoms with Crippen molar-refractivity contribution in [3.63, 3.8) is 0 Å². The zero-order chi connectivity index (χ0) is 20.8. The van der Waals surface area contributed by atoms with Gasteiger partial charge in [0, 0.05) is 4.47 Å². The lowest BCUT2D eigenvalue weighted by Gasteiger charge is -2.23. The lowest BCUT2D eigenvalue weighted by molar-refractivity contribution is 0.583. The summed E-state index contributed by atoms with van der Waals surface area (Å²) < 4.78 is 29.9. The van der Waals surface area contributed by atoms with Gasteiger partial charge in [-0.05, 0) is 52.6 Å². The Morgan fingerprint density at radius 3 is 1.96 bits per heavy atom. The quantitative estimate of drug-likeness (QED) is 0.440. The van der Waals surface area contributed by atoms with Gasteiger partial charge in [-0.1, -0.05) is 69.6 Å². The zero-order valence-electron chi connectivity index (χ0n) is 17.2. The van der Waals surface area contributed by atoms with Crippen LogP contribution in [0, 0.1) is 0 Å². The molecule has 0 aliphatic heterocycles. The van der Waals surface area contributed by atoms with Crippen LogP contribution in [0.15, 0.2) is 46.0 Å². The summed E-state index contributed by atoms with van der Waals surface area (Å²) in [6.45, 7) is 12.5. The summed E-state index contributed by atoms with van der Waals surface area (Å²) in [7, 11) is -3.80. The molecule has 28 heavy (non-hydrogen) atoms. The molecule has 6 heteroatoms. The predicted octanol–water partition coefficient (Wildman–Crippen LogP) is 6.41. The van der Waals surface area contributed by atoms with Crippen LogP contribution < -0.4 is 0 Å². The van der Waals surface area contributed by atoms with Crippen LogP contribution >= 0.6 is 15.9 Å². The molecule has 2 aromatic carbocycles. The second-order valence-electron chi connectivity index (χ2n) is 8.17. The molecule has 0 aliphatic carbocycles. The van der Waals surface area contributed by atoms with Crippen LogP contribution in [0.2, 0.25) is 0 Å². The number of imidazole rings is 1. The molecule has 0 saturated heterocycles. The fourth-order valence-electron chi connectivity index (χ4n) is 3.44. The third-order valence-electron chi connectivity index (χ3n) is 5.07. The maximum Gasteiger partial charge on any atom is 0.270 e. The van der Waals surface area contributed by atoms with Gasteiger partial charge in [0.05, 0.1) is 15.9 Å². The average Bonchev–Trinajstić information content (AvgIpc) is 3.04. The molecule has 0 fully saturated rings. The summed E-state index contributed by atoms with van der Waals surface area (Å²) >= 11 is 3.44. The number of aromatic nitrogens is 2. The molecular weight excluding hydrogens is 436 g/mol. The Morgan fingerprint density at radius 2 is 1.46 bits per heavy atom. The fraction of sp³-hybridized carbons (Fsp3) is 0.409. The molecule has 150 valence electrons. The lowest BCUT2D eigenvalue weighted by Crippen LogP contribution is -2.18. The van der Waals surface area contributed by atoms with E-state index in [4.69, 9.17) is 0 Å². The molecular formula is C22H27BrN2O2S. The van der Waals surface area contributed by atoms with E-state index < -0.39 is 10.0 Å². The molecule has 0 bridgehead atoms. The van der Waals surface area contributed by atoms with E-state index in [1.807, 2.05) is 39.8 Å². The van der Waals surface area contributed by atoms with Gasteiger partial charge in [-0.25, -0.2) is 17.4 Å². The third kappa shape index (κ3) is 3.64. The van der Waals surface area contributed by atoms with Crippen molar-refractivity contribution in [2.24, 2.45) is 0 Å². The molecule has 1 heterocycles. The van der Waals surface area contributed by atoms with E-state index in [1.54, 1.807) is 6.07 Å². The van der Waals surface area contributed by atoms with Crippen molar-refractivity contribution in [2.75, 3.05) is 0 Å². The molecule has 0 aliphatic rings. The second-order valence-corrected chi connectivity index (χ2v) is 10.8. The highest BCUT2D eigenvalue weighted by molar-refractivity contribution is 9.10. The third-order valence-corrected chi connectivity index (χ3v) is 7.36. The monoisotopic (exact) mass is 462 g/mol. The standard InChI is InChI=1S/C22H27BrN2O2S/c1-13(2)16-9-18(14(3)4)22(19(10-16)15(5)6)28(26,27)25-12-24-20-8-7-17(23)11-21(20)25/h7-15H,1-6H3. The van der Waals surface area contributed by atoms with Crippen molar-refractivity contribution < 1.29 is 8.42 Å². The first kappa shape index (κ1) is 21.1. The normalized spacial score (nSPS) is 12.6. The maximum atomic E-state index is 13.9. The molecule has 4 nitrogen and oxygen atoms in total. The summed E-state index contributed by atoms with van der Waals surface area (Å²) in [5.41, 5.74) is 4.14. The number of rotatable bonds is 5. The molecule has 0 saturated carbocycles. The van der Waals surface area contributed by atoms with E-state index >= 15 is 0 Å². The summed E-state index contributed by atoms with van der Waals surface area (Å²) in [6.07, 6.45) is 1.41. The number of hydrogen-bond acceptors (Lipinski definition) is 3. The zero-order valence-corrected chi connectivity index (χ0v) is 19.6. The van der Waals surface area contributed by atoms with Crippen LogP contribution in [-0.2, 0) is 10.0 Å². The lowest BCUT2D eigenvalue weighted by atomic mass is 9.89. The topological polar surface area (TPSA) is 52.0 Å². The maximum absolute atomic E-state index is 13.9. The minimum absolute atomic E-state index is 0.0856. The Hall–Kier alpha value is -1.66. The Balaban J connectivity index is 2.38. The van der Waals surface area contributed by atoms with Gasteiger partial charge in [-0.3, -0.25) is 0 Å². The number of nitrogens with zero attached hydrogens (tertiary/aromatic N) is 2. The first-order valence-electron chi connectivity index (χ1n) is 9.60. The highest BCUT2D eigenvalue weighted by Gasteiger charge is 2.29. The summed E-state index contributed by atoms with van der Waals surface area (Å²) in [4.78, 5) is 4.73. The first-order valence-corrected chi connectivity index (χ1v) is 11.8. The predicted molar refractivity (Wildman–Crippen MR) is 119 cm³/mol. The SMILES string of the molecule is CC(C)c1cc(C(C)C)c(S(=O)(=O)n2cnc3ccc(Br)cc32)c(C(C)C)c1. The van der Waals surface area contributed by atoms with Crippen LogP contribution in [0.25, 0.3) is 11.0 Å². The average molecular weight is 463 g/mol. The highest BCUT2D eigenvalue weighted by atomic mass is 79.9. The molecule has 0 radical (unpaired) electrons. The summed E-state index contributed by atoms with van der Waals surface area (Å²) in [6, 6.07) is 9.60. The van der Waals surface area contributed by atoms with E-state index in [-0.39, 0.29) is 11.8 Å². The molecule has 0 spiro atoms. The Bertz CT molecular complexity index is 1100. The molecule has 0 amide bonds. The Labute approximate surface area is 176 Å². The second kappa shape index (κ2) is 7.64. The highest BCUT2D eigenvalue weighted by Crippen LogP contribution is 2.37. The van der Waals surface area contributed by atoms with Crippen molar-refractivity contribution in [1.29, 1.82) is 0 Å². The van der Waals surface area contributed by atoms with Gasteiger partial charge in [0.25, 0.3) is 10.0 Å². The Morgan fingerprint density at radius 1 is 0.893 bits per heavy atom. The molecule has 3 rings (SSSR count). The molecule has 0 unspecified atom stereocenters. The van der Waals surface area contributed by atoms with Gasteiger partial charge in [-0.2, -0.15) is 0 Å². The van der Waals surface area contributed by atoms with Crippen molar-refractivity contribution in [3.05, 3.63) is 57.8 Å². The van der Waals surface area contributed by atoms with Crippen LogP contribution in [-0.4, -0.2) is 17.4 Å². The molecule has 3 aromatic rings. The van der Waals surface area contributed by atoms with E-state index in [9.17, 15) is 8.42 Å². The van der Waals surface area contributed by atoms with Crippen LogP contribution in [0.5, 0.6) is 0 Å². The van der Waals surface area contributed by atoms with Crippen LogP contribution in [0.3, 0.4) is 0 Å². The number of benzene rings is 2. The van der Waals surface area contributed by atoms with Crippen molar-refractivity contribution in [2.45, 2.75) is 64.2 Å². The van der Waals surface area contributed by atoms with Crippen molar-refractivity contribution in [3.8, 4) is 0 Å². The molecule has 0 atom stereocenters. The van der Waals surface area contributed by atoms with Gasteiger partial charge >= 0.3 is 0 Å². The molecule has 1 aromatic heterocycles. The minimum Gasteiger partial charge on any atom is -0.236 e. The van der Waals surface area contributed by atoms with E-state index in [2.05, 4.69) is 46.9 Å². The van der Waals surface area contributed by atoms with Gasteiger partial charge in [0.2, 0.25) is 0 Å². The van der Waals surface area contributed by atoms with Gasteiger partial charge in [0.15, 0.2) is 0 Å². The number of halogens is 1. The largest absolute Gasteiger partial charge is 0.270 e. The number of hydrogen-bond donors (Lipinski definition) is 0. The van der Waals surface area contributed by atoms with Crippen molar-refractivity contribution in [1.82, 2.24) is 8.96 Å². The van der Waals surface area contributed by atoms with Crippen LogP contribution in [0.1, 0.15) is 76.0 Å². The van der Waals surface area contributed by atoms with Gasteiger partial charge in [0.1, 0.15) is 6.33 Å². The molecule has 0 N–H and O–H groups in total. The van der Waals surface area contributed by atoms with Gasteiger partial charge < -0.3 is 0 Å².